The maximum Gasteiger partial charge on any atom is 0.200 e. The van der Waals surface area contributed by atoms with Crippen LogP contribution in [0.1, 0.15) is 0 Å². The number of benzene rings is 2. The lowest BCUT2D eigenvalue weighted by atomic mass is 10.0. The summed E-state index contributed by atoms with van der Waals surface area (Å²) in [6.07, 6.45) is 0. The Balaban J connectivity index is 2.69. The summed E-state index contributed by atoms with van der Waals surface area (Å²) >= 11 is 0. The molecule has 2 aromatic rings. The molecule has 87 valence electrons. The first kappa shape index (κ1) is 10.9. The molecule has 5 N–H and O–H groups in total. The van der Waals surface area contributed by atoms with Crippen molar-refractivity contribution < 1.29 is 25.5 Å². The summed E-state index contributed by atoms with van der Waals surface area (Å²) in [5.74, 6) is -2.67. The van der Waals surface area contributed by atoms with Crippen LogP contribution in [0.4, 0.5) is 0 Å². The average molecular weight is 233 g/mol. The Labute approximate surface area is 96.5 Å². The highest BCUT2D eigenvalue weighted by Gasteiger charge is 2.16. The minimum absolute atomic E-state index is 0.0853. The minimum Gasteiger partial charge on any atom is -0.504 e. The molecule has 0 aliphatic carbocycles. The molecule has 0 aromatic heterocycles. The van der Waals surface area contributed by atoms with E-state index >= 15 is 0 Å². The molecule has 0 amide bonds. The van der Waals surface area contributed by atoms with E-state index in [2.05, 4.69) is 6.07 Å². The third-order valence-electron chi connectivity index (χ3n) is 2.37. The molecule has 0 bridgehead atoms. The number of aromatic hydroxyl groups is 5. The van der Waals surface area contributed by atoms with Crippen LogP contribution in [-0.2, 0) is 0 Å². The molecule has 0 saturated heterocycles. The van der Waals surface area contributed by atoms with Crippen molar-refractivity contribution in [3.05, 3.63) is 30.3 Å². The Morgan fingerprint density at radius 3 is 2.06 bits per heavy atom. The molecule has 5 nitrogen and oxygen atoms in total. The summed E-state index contributed by atoms with van der Waals surface area (Å²) in [5, 5.41) is 47.0. The maximum atomic E-state index is 9.63. The molecule has 0 saturated carbocycles. The van der Waals surface area contributed by atoms with Gasteiger partial charge in [-0.2, -0.15) is 0 Å². The smallest absolute Gasteiger partial charge is 0.200 e. The monoisotopic (exact) mass is 233 g/mol. The fourth-order valence-electron chi connectivity index (χ4n) is 1.48. The average Bonchev–Trinajstić information content (AvgIpc) is 2.31. The van der Waals surface area contributed by atoms with Gasteiger partial charge in [-0.3, -0.25) is 0 Å². The van der Waals surface area contributed by atoms with Gasteiger partial charge in [0.05, 0.1) is 0 Å². The second-order valence-corrected chi connectivity index (χ2v) is 3.42. The standard InChI is InChI=1S/C12H9O5/c13-8-3-1-2-6(10(8)15)7-4-5-9(14)12(17)11(7)16/h1-2,4-5,13-17H. The molecule has 0 aliphatic heterocycles. The number of phenols is 5. The van der Waals surface area contributed by atoms with Crippen LogP contribution in [0.25, 0.3) is 11.1 Å². The molecule has 5 heteroatoms. The molecule has 0 aliphatic rings. The van der Waals surface area contributed by atoms with Gasteiger partial charge < -0.3 is 25.5 Å². The highest BCUT2D eigenvalue weighted by Crippen LogP contribution is 2.46. The van der Waals surface area contributed by atoms with Gasteiger partial charge in [0, 0.05) is 17.2 Å². The molecule has 0 unspecified atom stereocenters. The first-order valence-electron chi connectivity index (χ1n) is 4.69. The van der Waals surface area contributed by atoms with Gasteiger partial charge in [0.15, 0.2) is 23.0 Å². The topological polar surface area (TPSA) is 101 Å². The second kappa shape index (κ2) is 3.79. The number of phenolic OH excluding ortho intramolecular Hbond substituents is 5. The first-order chi connectivity index (χ1) is 8.02. The van der Waals surface area contributed by atoms with Crippen LogP contribution in [0.2, 0.25) is 0 Å². The molecule has 2 rings (SSSR count). The van der Waals surface area contributed by atoms with Crippen LogP contribution >= 0.6 is 0 Å². The van der Waals surface area contributed by atoms with Gasteiger partial charge in [0.25, 0.3) is 0 Å². The molecule has 0 heterocycles. The van der Waals surface area contributed by atoms with E-state index in [0.29, 0.717) is 0 Å². The zero-order valence-electron chi connectivity index (χ0n) is 8.55. The Kier molecular flexibility index (Phi) is 2.44. The molecular weight excluding hydrogens is 224 g/mol. The maximum absolute atomic E-state index is 9.63. The predicted octanol–water partition coefficient (Wildman–Crippen LogP) is 1.68. The highest BCUT2D eigenvalue weighted by atomic mass is 16.3. The van der Waals surface area contributed by atoms with Crippen LogP contribution in [-0.4, -0.2) is 25.5 Å². The Morgan fingerprint density at radius 1 is 0.706 bits per heavy atom. The van der Waals surface area contributed by atoms with E-state index in [-0.39, 0.29) is 11.1 Å². The van der Waals surface area contributed by atoms with Crippen molar-refractivity contribution in [1.82, 2.24) is 0 Å². The van der Waals surface area contributed by atoms with E-state index in [4.69, 9.17) is 5.11 Å². The molecule has 0 fully saturated rings. The van der Waals surface area contributed by atoms with E-state index in [0.717, 1.165) is 6.07 Å². The van der Waals surface area contributed by atoms with Gasteiger partial charge in [-0.1, -0.05) is 0 Å². The molecule has 0 spiro atoms. The van der Waals surface area contributed by atoms with Crippen LogP contribution < -0.4 is 0 Å². The zero-order valence-corrected chi connectivity index (χ0v) is 8.55. The zero-order chi connectivity index (χ0) is 12.6. The minimum atomic E-state index is -0.686. The van der Waals surface area contributed by atoms with Gasteiger partial charge in [-0.25, -0.2) is 0 Å². The molecule has 0 atom stereocenters. The predicted molar refractivity (Wildman–Crippen MR) is 59.0 cm³/mol. The van der Waals surface area contributed by atoms with Crippen molar-refractivity contribution in [2.45, 2.75) is 0 Å². The Bertz CT molecular complexity index is 577. The number of hydrogen-bond donors (Lipinski definition) is 5. The van der Waals surface area contributed by atoms with Crippen LogP contribution in [0.3, 0.4) is 0 Å². The van der Waals surface area contributed by atoms with Crippen molar-refractivity contribution in [2.75, 3.05) is 0 Å². The Hall–Kier alpha value is -2.56. The van der Waals surface area contributed by atoms with Crippen molar-refractivity contribution in [3.8, 4) is 39.9 Å². The summed E-state index contributed by atoms with van der Waals surface area (Å²) in [4.78, 5) is 0. The molecular formula is C12H9O5. The fourth-order valence-corrected chi connectivity index (χ4v) is 1.48. The van der Waals surface area contributed by atoms with E-state index < -0.39 is 28.7 Å². The lowest BCUT2D eigenvalue weighted by molar-refractivity contribution is 0.368. The highest BCUT2D eigenvalue weighted by molar-refractivity contribution is 5.80. The summed E-state index contributed by atoms with van der Waals surface area (Å²) < 4.78 is 0. The Morgan fingerprint density at radius 2 is 1.35 bits per heavy atom. The van der Waals surface area contributed by atoms with Crippen molar-refractivity contribution in [2.24, 2.45) is 0 Å². The quantitative estimate of drug-likeness (QED) is 0.482. The van der Waals surface area contributed by atoms with E-state index in [9.17, 15) is 20.4 Å². The van der Waals surface area contributed by atoms with Crippen LogP contribution in [0.5, 0.6) is 28.7 Å². The SMILES string of the molecule is Oc1[c]ccc(-c2ccc(O)c(O)c2O)c1O. The normalized spacial score (nSPS) is 10.4. The van der Waals surface area contributed by atoms with Gasteiger partial charge >= 0.3 is 0 Å². The lowest BCUT2D eigenvalue weighted by Gasteiger charge is -2.09. The fraction of sp³-hybridized carbons (Fsp3) is 0. The third-order valence-corrected chi connectivity index (χ3v) is 2.37. The lowest BCUT2D eigenvalue weighted by Crippen LogP contribution is -1.82. The van der Waals surface area contributed by atoms with Gasteiger partial charge in [-0.05, 0) is 24.3 Å². The van der Waals surface area contributed by atoms with E-state index in [1.165, 1.54) is 18.2 Å². The van der Waals surface area contributed by atoms with Crippen LogP contribution in [0.15, 0.2) is 24.3 Å². The third kappa shape index (κ3) is 1.67. The number of rotatable bonds is 1. The van der Waals surface area contributed by atoms with Gasteiger partial charge in [-0.15, -0.1) is 0 Å². The van der Waals surface area contributed by atoms with Gasteiger partial charge in [0.1, 0.15) is 0 Å². The van der Waals surface area contributed by atoms with E-state index in [1.54, 1.807) is 0 Å². The second-order valence-electron chi connectivity index (χ2n) is 3.42. The van der Waals surface area contributed by atoms with Gasteiger partial charge in [0.2, 0.25) is 5.75 Å². The summed E-state index contributed by atoms with van der Waals surface area (Å²) in [6.45, 7) is 0. The molecule has 1 radical (unpaired) electrons. The first-order valence-corrected chi connectivity index (χ1v) is 4.69. The summed E-state index contributed by atoms with van der Waals surface area (Å²) in [7, 11) is 0. The van der Waals surface area contributed by atoms with Crippen LogP contribution in [0, 0.1) is 6.07 Å². The van der Waals surface area contributed by atoms with E-state index in [1.807, 2.05) is 0 Å². The largest absolute Gasteiger partial charge is 0.504 e. The van der Waals surface area contributed by atoms with Crippen molar-refractivity contribution >= 4 is 0 Å². The summed E-state index contributed by atoms with van der Waals surface area (Å²) in [5.41, 5.74) is 0.205. The number of hydrogen-bond acceptors (Lipinski definition) is 5. The van der Waals surface area contributed by atoms with Crippen molar-refractivity contribution in [1.29, 1.82) is 0 Å². The summed E-state index contributed by atoms with van der Waals surface area (Å²) in [6, 6.07) is 7.59. The van der Waals surface area contributed by atoms with Crippen molar-refractivity contribution in [3.63, 3.8) is 0 Å². The molecule has 17 heavy (non-hydrogen) atoms. The molecule has 2 aromatic carbocycles.